The van der Waals surface area contributed by atoms with Crippen molar-refractivity contribution in [2.75, 3.05) is 62.4 Å². The SMILES string of the molecule is CCN(CC)c1nccc(-c2ccc(OCC3COC(Cn4cncn4)(c4ccc(Cl)cc4Cl)O3)cc2)n1.CCN(CC)c1nccc(-c2ccc(OCC3COC(Cn4cncn4)(c4ccc(Cl)cc4Cl)O3)cc2)n1.O. The van der Waals surface area contributed by atoms with Crippen molar-refractivity contribution in [1.29, 1.82) is 0 Å². The summed E-state index contributed by atoms with van der Waals surface area (Å²) in [5.41, 5.74) is 5.02. The molecule has 404 valence electrons. The maximum absolute atomic E-state index is 6.54. The normalized spacial score (nSPS) is 18.8. The van der Waals surface area contributed by atoms with Gasteiger partial charge in [-0.05, 0) is 113 Å². The lowest BCUT2D eigenvalue weighted by molar-refractivity contribution is -0.191. The molecule has 6 heterocycles. The molecule has 0 spiro atoms. The van der Waals surface area contributed by atoms with Gasteiger partial charge < -0.3 is 43.7 Å². The minimum Gasteiger partial charge on any atom is -0.491 e. The van der Waals surface area contributed by atoms with Crippen LogP contribution in [0.25, 0.3) is 22.5 Å². The van der Waals surface area contributed by atoms with Gasteiger partial charge in [-0.3, -0.25) is 0 Å². The zero-order valence-electron chi connectivity index (χ0n) is 42.8. The van der Waals surface area contributed by atoms with E-state index in [0.717, 1.165) is 60.6 Å². The highest BCUT2D eigenvalue weighted by Gasteiger charge is 2.47. The highest BCUT2D eigenvalue weighted by Crippen LogP contribution is 2.42. The van der Waals surface area contributed by atoms with Crippen LogP contribution in [0.4, 0.5) is 11.9 Å². The van der Waals surface area contributed by atoms with Crippen molar-refractivity contribution in [2.45, 2.75) is 64.6 Å². The molecule has 2 aliphatic heterocycles. The zero-order valence-corrected chi connectivity index (χ0v) is 45.8. The summed E-state index contributed by atoms with van der Waals surface area (Å²) in [6, 6.07) is 29.9. The average Bonchev–Trinajstić information content (AvgIpc) is 4.32. The summed E-state index contributed by atoms with van der Waals surface area (Å²) in [6.07, 6.45) is 9.04. The molecule has 4 atom stereocenters. The Bertz CT molecular complexity index is 2920. The van der Waals surface area contributed by atoms with Gasteiger partial charge in [0.15, 0.2) is 0 Å². The van der Waals surface area contributed by atoms with Gasteiger partial charge in [-0.2, -0.15) is 10.2 Å². The molecule has 0 amide bonds. The number of anilines is 2. The Labute approximate surface area is 466 Å². The van der Waals surface area contributed by atoms with E-state index in [0.29, 0.717) is 69.1 Å². The van der Waals surface area contributed by atoms with Crippen LogP contribution >= 0.6 is 46.4 Å². The summed E-state index contributed by atoms with van der Waals surface area (Å²) in [6.45, 7) is 13.5. The smallest absolute Gasteiger partial charge is 0.225 e. The summed E-state index contributed by atoms with van der Waals surface area (Å²) >= 11 is 25.3. The molecule has 19 nitrogen and oxygen atoms in total. The lowest BCUT2D eigenvalue weighted by atomic mass is 10.1. The molecule has 0 aliphatic carbocycles. The first-order valence-electron chi connectivity index (χ1n) is 24.8. The summed E-state index contributed by atoms with van der Waals surface area (Å²) in [7, 11) is 0. The third-order valence-electron chi connectivity index (χ3n) is 12.6. The monoisotopic (exact) mass is 1130 g/mol. The maximum atomic E-state index is 6.54. The molecule has 8 aromatic rings. The van der Waals surface area contributed by atoms with Gasteiger partial charge >= 0.3 is 0 Å². The highest BCUT2D eigenvalue weighted by molar-refractivity contribution is 6.35. The molecule has 4 aromatic carbocycles. The summed E-state index contributed by atoms with van der Waals surface area (Å²) in [5, 5.41) is 10.4. The zero-order chi connectivity index (χ0) is 53.1. The minimum atomic E-state index is -1.15. The quantitative estimate of drug-likeness (QED) is 0.0696. The molecule has 2 fully saturated rings. The fraction of sp³-hybridized carbons (Fsp3) is 0.333. The van der Waals surface area contributed by atoms with E-state index in [9.17, 15) is 0 Å². The van der Waals surface area contributed by atoms with Gasteiger partial charge in [-0.25, -0.2) is 39.3 Å². The Morgan fingerprint density at radius 1 is 0.558 bits per heavy atom. The molecule has 77 heavy (non-hydrogen) atoms. The summed E-state index contributed by atoms with van der Waals surface area (Å²) in [5.74, 6) is 0.580. The van der Waals surface area contributed by atoms with Gasteiger partial charge in [0.05, 0.1) is 34.6 Å². The molecule has 23 heteroatoms. The van der Waals surface area contributed by atoms with E-state index in [1.165, 1.54) is 12.7 Å². The Morgan fingerprint density at radius 2 is 0.961 bits per heavy atom. The van der Waals surface area contributed by atoms with Crippen molar-refractivity contribution in [1.82, 2.24) is 49.5 Å². The number of nitrogens with zero attached hydrogens (tertiary/aromatic N) is 12. The van der Waals surface area contributed by atoms with Crippen molar-refractivity contribution < 1.29 is 33.9 Å². The second kappa shape index (κ2) is 26.2. The standard InChI is InChI=1S/2C27H28Cl2N6O3.H2O/c2*1-3-34(4-2)26-31-12-11-25(33-26)19-5-8-21(9-6-19)36-14-22-15-37-27(38-22,16-35-18-30-17-32-35)23-10-7-20(28)13-24(23)29;/h2*5-13,17-18,22H,3-4,14-16H2,1-2H3;1H2. The van der Waals surface area contributed by atoms with Crippen LogP contribution < -0.4 is 19.3 Å². The molecule has 2 aliphatic rings. The Balaban J connectivity index is 0.000000201. The number of benzene rings is 4. The third kappa shape index (κ3) is 13.8. The first kappa shape index (κ1) is 56.7. The third-order valence-corrected chi connectivity index (χ3v) is 13.7. The summed E-state index contributed by atoms with van der Waals surface area (Å²) in [4.78, 5) is 30.5. The predicted octanol–water partition coefficient (Wildman–Crippen LogP) is 9.65. The predicted molar refractivity (Wildman–Crippen MR) is 295 cm³/mol. The van der Waals surface area contributed by atoms with Crippen LogP contribution in [-0.4, -0.2) is 120 Å². The number of halogens is 4. The number of rotatable bonds is 20. The van der Waals surface area contributed by atoms with E-state index in [-0.39, 0.29) is 30.8 Å². The van der Waals surface area contributed by atoms with Crippen LogP contribution in [0, 0.1) is 0 Å². The molecule has 0 radical (unpaired) electrons. The first-order valence-corrected chi connectivity index (χ1v) is 26.3. The number of aromatic nitrogens is 10. The number of hydrogen-bond acceptors (Lipinski definition) is 16. The van der Waals surface area contributed by atoms with E-state index in [2.05, 4.69) is 67.6 Å². The largest absolute Gasteiger partial charge is 0.491 e. The molecule has 0 saturated carbocycles. The van der Waals surface area contributed by atoms with Crippen molar-refractivity contribution in [3.8, 4) is 34.0 Å². The molecule has 0 bridgehead atoms. The fourth-order valence-electron chi connectivity index (χ4n) is 8.72. The lowest BCUT2D eigenvalue weighted by Crippen LogP contribution is -2.35. The van der Waals surface area contributed by atoms with Crippen LogP contribution in [-0.2, 0) is 43.6 Å². The second-order valence-corrected chi connectivity index (χ2v) is 19.2. The highest BCUT2D eigenvalue weighted by atomic mass is 35.5. The topological polar surface area (TPSA) is 206 Å². The van der Waals surface area contributed by atoms with Crippen molar-refractivity contribution >= 4 is 58.3 Å². The van der Waals surface area contributed by atoms with Crippen molar-refractivity contribution in [3.63, 3.8) is 0 Å². The molecular formula is C54H58Cl4N12O7. The molecule has 2 N–H and O–H groups in total. The molecule has 10 rings (SSSR count). The van der Waals surface area contributed by atoms with Crippen LogP contribution in [0.15, 0.2) is 135 Å². The second-order valence-electron chi connectivity index (χ2n) is 17.5. The van der Waals surface area contributed by atoms with Gasteiger partial charge in [0.25, 0.3) is 0 Å². The van der Waals surface area contributed by atoms with E-state index in [1.54, 1.807) is 58.7 Å². The molecule has 4 aromatic heterocycles. The van der Waals surface area contributed by atoms with Crippen LogP contribution in [0.2, 0.25) is 20.1 Å². The molecule has 2 saturated heterocycles. The van der Waals surface area contributed by atoms with Crippen molar-refractivity contribution in [3.05, 3.63) is 166 Å². The van der Waals surface area contributed by atoms with E-state index >= 15 is 0 Å². The average molecular weight is 1130 g/mol. The lowest BCUT2D eigenvalue weighted by Gasteiger charge is -2.29. The van der Waals surface area contributed by atoms with Gasteiger partial charge in [0, 0.05) is 70.9 Å². The van der Waals surface area contributed by atoms with E-state index < -0.39 is 11.6 Å². The number of ether oxygens (including phenoxy) is 6. The Hall–Kier alpha value is -6.52. The first-order chi connectivity index (χ1) is 37.0. The van der Waals surface area contributed by atoms with Crippen LogP contribution in [0.3, 0.4) is 0 Å². The maximum Gasteiger partial charge on any atom is 0.225 e. The minimum absolute atomic E-state index is 0. The fourth-order valence-corrected chi connectivity index (χ4v) is 9.83. The van der Waals surface area contributed by atoms with E-state index in [1.807, 2.05) is 72.8 Å². The van der Waals surface area contributed by atoms with Gasteiger partial charge in [-0.15, -0.1) is 0 Å². The van der Waals surface area contributed by atoms with Crippen LogP contribution in [0.5, 0.6) is 11.5 Å². The van der Waals surface area contributed by atoms with Crippen LogP contribution in [0.1, 0.15) is 38.8 Å². The Morgan fingerprint density at radius 3 is 1.31 bits per heavy atom. The number of hydrogen-bond donors (Lipinski definition) is 0. The Kier molecular flexibility index (Phi) is 19.3. The van der Waals surface area contributed by atoms with Crippen molar-refractivity contribution in [2.24, 2.45) is 0 Å². The van der Waals surface area contributed by atoms with Gasteiger partial charge in [0.1, 0.15) is 75.3 Å². The van der Waals surface area contributed by atoms with Gasteiger partial charge in [0.2, 0.25) is 23.5 Å². The van der Waals surface area contributed by atoms with Gasteiger partial charge in [-0.1, -0.05) is 58.5 Å². The molecular weight excluding hydrogens is 1070 g/mol. The van der Waals surface area contributed by atoms with E-state index in [4.69, 9.17) is 84.8 Å². The molecule has 4 unspecified atom stereocenters. The summed E-state index contributed by atoms with van der Waals surface area (Å²) < 4.78 is 40.7.